The summed E-state index contributed by atoms with van der Waals surface area (Å²) in [6.45, 7) is 4.68. The molecule has 2 N–H and O–H groups in total. The maximum absolute atomic E-state index is 12.2. The van der Waals surface area contributed by atoms with Gasteiger partial charge in [-0.15, -0.1) is 0 Å². The highest BCUT2D eigenvalue weighted by atomic mass is 16.3. The predicted octanol–water partition coefficient (Wildman–Crippen LogP) is 0.312. The van der Waals surface area contributed by atoms with E-state index in [1.165, 1.54) is 6.20 Å². The van der Waals surface area contributed by atoms with Crippen molar-refractivity contribution in [2.45, 2.75) is 39.1 Å². The van der Waals surface area contributed by atoms with E-state index < -0.39 is 6.10 Å². The van der Waals surface area contributed by atoms with Crippen molar-refractivity contribution >= 4 is 11.0 Å². The van der Waals surface area contributed by atoms with E-state index >= 15 is 0 Å². The number of aliphatic hydroxyl groups is 1. The van der Waals surface area contributed by atoms with Crippen LogP contribution >= 0.6 is 0 Å². The van der Waals surface area contributed by atoms with E-state index in [0.717, 1.165) is 25.2 Å². The van der Waals surface area contributed by atoms with E-state index in [2.05, 4.69) is 25.1 Å². The van der Waals surface area contributed by atoms with Gasteiger partial charge in [-0.25, -0.2) is 4.98 Å². The van der Waals surface area contributed by atoms with Crippen LogP contribution in [0.15, 0.2) is 17.1 Å². The third-order valence-corrected chi connectivity index (χ3v) is 4.56. The zero-order valence-electron chi connectivity index (χ0n) is 14.3. The van der Waals surface area contributed by atoms with Crippen LogP contribution in [0, 0.1) is 0 Å². The largest absolute Gasteiger partial charge is 0.387 e. The van der Waals surface area contributed by atoms with Gasteiger partial charge < -0.3 is 10.1 Å². The molecular formula is C16H21N7O2. The van der Waals surface area contributed by atoms with Gasteiger partial charge in [-0.1, -0.05) is 0 Å². The number of rotatable bonds is 3. The van der Waals surface area contributed by atoms with Crippen molar-refractivity contribution in [3.63, 3.8) is 0 Å². The van der Waals surface area contributed by atoms with Crippen LogP contribution in [0.1, 0.15) is 36.7 Å². The molecule has 1 atom stereocenters. The highest BCUT2D eigenvalue weighted by Gasteiger charge is 2.19. The van der Waals surface area contributed by atoms with E-state index in [1.54, 1.807) is 18.7 Å². The van der Waals surface area contributed by atoms with Crippen LogP contribution in [-0.4, -0.2) is 46.1 Å². The minimum atomic E-state index is -0.571. The molecule has 1 aliphatic heterocycles. The summed E-state index contributed by atoms with van der Waals surface area (Å²) in [5.74, 6) is 0.629. The van der Waals surface area contributed by atoms with Gasteiger partial charge in [0.15, 0.2) is 5.65 Å². The lowest BCUT2D eigenvalue weighted by atomic mass is 10.2. The van der Waals surface area contributed by atoms with Gasteiger partial charge in [-0.2, -0.15) is 10.2 Å². The molecule has 0 spiro atoms. The molecule has 0 fully saturated rings. The molecule has 0 bridgehead atoms. The van der Waals surface area contributed by atoms with Crippen LogP contribution in [-0.2, 0) is 26.7 Å². The molecule has 4 rings (SSSR count). The van der Waals surface area contributed by atoms with Gasteiger partial charge in [0.1, 0.15) is 11.2 Å². The normalized spacial score (nSPS) is 16.8. The van der Waals surface area contributed by atoms with Crippen LogP contribution < -0.4 is 5.56 Å². The number of aryl methyl sites for hydroxylation is 2. The number of hydrogen-bond acceptors (Lipinski definition) is 6. The first-order valence-corrected chi connectivity index (χ1v) is 8.39. The molecular weight excluding hydrogens is 322 g/mol. The molecule has 4 heterocycles. The molecule has 132 valence electrons. The SMILES string of the molecule is C[C@H](O)c1cc2n(n1)CCCN(Cc1nc3c(cnn3C)c(=O)[nH]1)C2. The van der Waals surface area contributed by atoms with Crippen molar-refractivity contribution in [3.05, 3.63) is 39.8 Å². The molecule has 3 aromatic heterocycles. The van der Waals surface area contributed by atoms with Gasteiger partial charge in [0.2, 0.25) is 0 Å². The number of fused-ring (bicyclic) bond motifs is 2. The van der Waals surface area contributed by atoms with Crippen molar-refractivity contribution in [3.8, 4) is 0 Å². The molecule has 0 saturated carbocycles. The molecule has 9 heteroatoms. The summed E-state index contributed by atoms with van der Waals surface area (Å²) in [5.41, 5.74) is 2.19. The zero-order chi connectivity index (χ0) is 17.6. The van der Waals surface area contributed by atoms with Crippen LogP contribution in [0.3, 0.4) is 0 Å². The zero-order valence-corrected chi connectivity index (χ0v) is 14.3. The number of H-pyrrole nitrogens is 1. The Hall–Kier alpha value is -2.52. The van der Waals surface area contributed by atoms with Crippen LogP contribution in [0.5, 0.6) is 0 Å². The van der Waals surface area contributed by atoms with E-state index in [0.29, 0.717) is 35.6 Å². The summed E-state index contributed by atoms with van der Waals surface area (Å²) in [6.07, 6.45) is 1.91. The fourth-order valence-electron chi connectivity index (χ4n) is 3.25. The molecule has 25 heavy (non-hydrogen) atoms. The number of aromatic nitrogens is 6. The minimum absolute atomic E-state index is 0.163. The van der Waals surface area contributed by atoms with Crippen molar-refractivity contribution in [1.82, 2.24) is 34.4 Å². The monoisotopic (exact) mass is 343 g/mol. The Labute approximate surface area is 143 Å². The van der Waals surface area contributed by atoms with Gasteiger partial charge in [0.25, 0.3) is 5.56 Å². The Morgan fingerprint density at radius 2 is 2.24 bits per heavy atom. The highest BCUT2D eigenvalue weighted by molar-refractivity contribution is 5.72. The summed E-state index contributed by atoms with van der Waals surface area (Å²) >= 11 is 0. The average Bonchev–Trinajstić information content (AvgIpc) is 3.07. The quantitative estimate of drug-likeness (QED) is 0.709. The smallest absolute Gasteiger partial charge is 0.262 e. The Balaban J connectivity index is 1.60. The highest BCUT2D eigenvalue weighted by Crippen LogP contribution is 2.18. The van der Waals surface area contributed by atoms with E-state index in [1.807, 2.05) is 10.7 Å². The molecule has 0 amide bonds. The fraction of sp³-hybridized carbons (Fsp3) is 0.500. The number of aliphatic hydroxyl groups excluding tert-OH is 1. The molecule has 0 aromatic carbocycles. The Morgan fingerprint density at radius 3 is 3.04 bits per heavy atom. The third-order valence-electron chi connectivity index (χ3n) is 4.56. The topological polar surface area (TPSA) is 105 Å². The number of nitrogens with one attached hydrogen (secondary N) is 1. The second-order valence-corrected chi connectivity index (χ2v) is 6.54. The third kappa shape index (κ3) is 2.96. The molecule has 0 unspecified atom stereocenters. The first-order chi connectivity index (χ1) is 12.0. The first kappa shape index (κ1) is 16.0. The Morgan fingerprint density at radius 1 is 1.40 bits per heavy atom. The van der Waals surface area contributed by atoms with Gasteiger partial charge in [-0.3, -0.25) is 19.1 Å². The molecule has 0 aliphatic carbocycles. The maximum Gasteiger partial charge on any atom is 0.262 e. The van der Waals surface area contributed by atoms with Crippen LogP contribution in [0.25, 0.3) is 11.0 Å². The average molecular weight is 343 g/mol. The predicted molar refractivity (Wildman–Crippen MR) is 90.7 cm³/mol. The van der Waals surface area contributed by atoms with Crippen LogP contribution in [0.4, 0.5) is 0 Å². The molecule has 0 saturated heterocycles. The molecule has 0 radical (unpaired) electrons. The van der Waals surface area contributed by atoms with Gasteiger partial charge in [0.05, 0.1) is 30.2 Å². The summed E-state index contributed by atoms with van der Waals surface area (Å²) in [4.78, 5) is 21.8. The van der Waals surface area contributed by atoms with E-state index in [9.17, 15) is 9.90 Å². The van der Waals surface area contributed by atoms with Crippen molar-refractivity contribution in [2.24, 2.45) is 7.05 Å². The molecule has 3 aromatic rings. The number of aromatic amines is 1. The summed E-state index contributed by atoms with van der Waals surface area (Å²) in [6, 6.07) is 1.95. The van der Waals surface area contributed by atoms with Crippen LogP contribution in [0.2, 0.25) is 0 Å². The van der Waals surface area contributed by atoms with Gasteiger partial charge in [0, 0.05) is 26.7 Å². The van der Waals surface area contributed by atoms with E-state index in [4.69, 9.17) is 0 Å². The molecule has 9 nitrogen and oxygen atoms in total. The van der Waals surface area contributed by atoms with Crippen molar-refractivity contribution in [1.29, 1.82) is 0 Å². The lowest BCUT2D eigenvalue weighted by Gasteiger charge is -2.18. The van der Waals surface area contributed by atoms with Crippen molar-refractivity contribution < 1.29 is 5.11 Å². The second kappa shape index (κ2) is 6.08. The lowest BCUT2D eigenvalue weighted by molar-refractivity contribution is 0.193. The number of nitrogens with zero attached hydrogens (tertiary/aromatic N) is 6. The lowest BCUT2D eigenvalue weighted by Crippen LogP contribution is -2.25. The molecule has 1 aliphatic rings. The number of hydrogen-bond donors (Lipinski definition) is 2. The minimum Gasteiger partial charge on any atom is -0.387 e. The fourth-order valence-corrected chi connectivity index (χ4v) is 3.25. The van der Waals surface area contributed by atoms with Gasteiger partial charge >= 0.3 is 0 Å². The van der Waals surface area contributed by atoms with E-state index in [-0.39, 0.29) is 5.56 Å². The standard InChI is InChI=1S/C16H21N7O2/c1-10(24)13-6-11-8-22(4-3-5-23(11)20-13)9-14-18-15-12(16(25)19-14)7-17-21(15)2/h6-7,10,24H,3-5,8-9H2,1-2H3,(H,18,19,25)/t10-/m0/s1. The Bertz CT molecular complexity index is 969. The first-order valence-electron chi connectivity index (χ1n) is 8.39. The maximum atomic E-state index is 12.2. The summed E-state index contributed by atoms with van der Waals surface area (Å²) < 4.78 is 3.57. The second-order valence-electron chi connectivity index (χ2n) is 6.54. The van der Waals surface area contributed by atoms with Crippen molar-refractivity contribution in [2.75, 3.05) is 6.54 Å². The Kier molecular flexibility index (Phi) is 3.89. The van der Waals surface area contributed by atoms with Gasteiger partial charge in [-0.05, 0) is 19.4 Å². The summed E-state index contributed by atoms with van der Waals surface area (Å²) in [5, 5.41) is 18.8. The summed E-state index contributed by atoms with van der Waals surface area (Å²) in [7, 11) is 1.78.